The Morgan fingerprint density at radius 2 is 1.72 bits per heavy atom. The number of fused-ring (bicyclic) bond motifs is 1. The van der Waals surface area contributed by atoms with Crippen LogP contribution in [0.2, 0.25) is 0 Å². The van der Waals surface area contributed by atoms with E-state index < -0.39 is 6.43 Å². The van der Waals surface area contributed by atoms with Gasteiger partial charge in [-0.15, -0.1) is 0 Å². The van der Waals surface area contributed by atoms with E-state index in [4.69, 9.17) is 14.7 Å². The third-order valence-corrected chi connectivity index (χ3v) is 8.59. The van der Waals surface area contributed by atoms with Gasteiger partial charge in [0.05, 0.1) is 35.9 Å². The van der Waals surface area contributed by atoms with Crippen LogP contribution in [0.3, 0.4) is 0 Å². The maximum Gasteiger partial charge on any atom is 0.296 e. The van der Waals surface area contributed by atoms with Gasteiger partial charge in [-0.1, -0.05) is 30.3 Å². The Balaban J connectivity index is 1.17. The van der Waals surface area contributed by atoms with Gasteiger partial charge in [0.25, 0.3) is 6.43 Å². The number of alkyl halides is 2. The van der Waals surface area contributed by atoms with Crippen LogP contribution in [0.15, 0.2) is 54.6 Å². The van der Waals surface area contributed by atoms with Crippen LogP contribution >= 0.6 is 0 Å². The van der Waals surface area contributed by atoms with Gasteiger partial charge < -0.3 is 15.0 Å². The summed E-state index contributed by atoms with van der Waals surface area (Å²) in [5.41, 5.74) is 2.87. The molecule has 1 aliphatic heterocycles. The van der Waals surface area contributed by atoms with Crippen molar-refractivity contribution in [1.29, 1.82) is 5.26 Å². The van der Waals surface area contributed by atoms with Crippen LogP contribution in [-0.4, -0.2) is 70.4 Å². The van der Waals surface area contributed by atoms with Crippen molar-refractivity contribution in [2.45, 2.75) is 44.7 Å². The smallest absolute Gasteiger partial charge is 0.296 e. The Kier molecular flexibility index (Phi) is 8.77. The van der Waals surface area contributed by atoms with E-state index >= 15 is 0 Å². The van der Waals surface area contributed by atoms with Gasteiger partial charge in [-0.05, 0) is 62.4 Å². The van der Waals surface area contributed by atoms with Crippen molar-refractivity contribution in [3.8, 4) is 11.9 Å². The zero-order chi connectivity index (χ0) is 29.8. The molecule has 43 heavy (non-hydrogen) atoms. The summed E-state index contributed by atoms with van der Waals surface area (Å²) in [5, 5.41) is 12.9. The van der Waals surface area contributed by atoms with E-state index in [1.165, 1.54) is 4.57 Å². The van der Waals surface area contributed by atoms with Gasteiger partial charge in [0, 0.05) is 38.3 Å². The molecule has 0 spiro atoms. The van der Waals surface area contributed by atoms with E-state index in [-0.39, 0.29) is 5.82 Å². The first-order valence-electron chi connectivity index (χ1n) is 14.9. The van der Waals surface area contributed by atoms with Crippen molar-refractivity contribution >= 4 is 22.8 Å². The summed E-state index contributed by atoms with van der Waals surface area (Å²) in [4.78, 5) is 18.2. The van der Waals surface area contributed by atoms with Crippen LogP contribution in [0.5, 0.6) is 0 Å². The quantitative estimate of drug-likeness (QED) is 0.272. The van der Waals surface area contributed by atoms with Gasteiger partial charge in [0.1, 0.15) is 11.6 Å². The molecule has 1 saturated carbocycles. The summed E-state index contributed by atoms with van der Waals surface area (Å²) in [6, 6.07) is 19.4. The fourth-order valence-corrected chi connectivity index (χ4v) is 6.19. The van der Waals surface area contributed by atoms with Crippen LogP contribution in [0.25, 0.3) is 16.9 Å². The molecular formula is C32H36F2N8O. The molecule has 1 N–H and O–H groups in total. The average molecular weight is 587 g/mol. The van der Waals surface area contributed by atoms with Crippen molar-refractivity contribution in [2.75, 3.05) is 50.1 Å². The standard InChI is InChI=1S/C32H36F2N8O/c1-40(21-24-7-3-2-6-23(24)19-35)25-12-10-22(11-13-25)20-36-32-38-28(41-14-16-43-17-15-41)18-29(39-32)42-27-9-5-4-8-26(27)37-31(42)30(33)34/h2-9,18,22,25,30H,10-17,20-21H2,1H3,(H,36,38,39)/t22-,25-. The largest absolute Gasteiger partial charge is 0.378 e. The minimum atomic E-state index is -2.76. The number of nitrogens with one attached hydrogen (secondary N) is 1. The van der Waals surface area contributed by atoms with E-state index in [0.717, 1.165) is 43.4 Å². The molecule has 1 saturated heterocycles. The Hall–Kier alpha value is -4.14. The number of anilines is 2. The summed E-state index contributed by atoms with van der Waals surface area (Å²) >= 11 is 0. The summed E-state index contributed by atoms with van der Waals surface area (Å²) in [5.74, 6) is 1.58. The average Bonchev–Trinajstić information content (AvgIpc) is 3.45. The van der Waals surface area contributed by atoms with E-state index in [1.807, 2.05) is 30.3 Å². The molecule has 224 valence electrons. The lowest BCUT2D eigenvalue weighted by molar-refractivity contribution is 0.122. The first kappa shape index (κ1) is 29.0. The molecule has 2 aliphatic rings. The Bertz CT molecular complexity index is 1590. The lowest BCUT2D eigenvalue weighted by atomic mass is 9.85. The van der Waals surface area contributed by atoms with E-state index in [1.54, 1.807) is 24.3 Å². The highest BCUT2D eigenvalue weighted by molar-refractivity contribution is 5.78. The lowest BCUT2D eigenvalue weighted by Crippen LogP contribution is -2.37. The molecule has 0 radical (unpaired) electrons. The number of hydrogen-bond donors (Lipinski definition) is 1. The van der Waals surface area contributed by atoms with Gasteiger partial charge in [-0.2, -0.15) is 15.2 Å². The van der Waals surface area contributed by atoms with Gasteiger partial charge in [-0.25, -0.2) is 13.8 Å². The molecule has 6 rings (SSSR count). The van der Waals surface area contributed by atoms with Crippen molar-refractivity contribution in [3.63, 3.8) is 0 Å². The number of imidazole rings is 1. The van der Waals surface area contributed by atoms with Gasteiger partial charge >= 0.3 is 0 Å². The second kappa shape index (κ2) is 13.0. The van der Waals surface area contributed by atoms with Crippen LogP contribution in [0.1, 0.15) is 49.1 Å². The fraction of sp³-hybridized carbons (Fsp3) is 0.438. The first-order chi connectivity index (χ1) is 21.0. The molecule has 2 aromatic heterocycles. The second-order valence-corrected chi connectivity index (χ2v) is 11.3. The maximum atomic E-state index is 14.2. The number of hydrogen-bond acceptors (Lipinski definition) is 8. The number of morpholine rings is 1. The Morgan fingerprint density at radius 1 is 1.00 bits per heavy atom. The molecule has 0 unspecified atom stereocenters. The normalized spacial score (nSPS) is 19.2. The molecule has 4 aromatic rings. The van der Waals surface area contributed by atoms with Crippen molar-refractivity contribution < 1.29 is 13.5 Å². The molecule has 11 heteroatoms. The van der Waals surface area contributed by atoms with Crippen LogP contribution in [0, 0.1) is 17.2 Å². The van der Waals surface area contributed by atoms with Crippen molar-refractivity contribution in [1.82, 2.24) is 24.4 Å². The Morgan fingerprint density at radius 3 is 2.49 bits per heavy atom. The number of nitriles is 1. The third kappa shape index (κ3) is 6.45. The molecule has 9 nitrogen and oxygen atoms in total. The highest BCUT2D eigenvalue weighted by Crippen LogP contribution is 2.31. The predicted octanol–water partition coefficient (Wildman–Crippen LogP) is 5.56. The topological polar surface area (TPSA) is 95.1 Å². The monoisotopic (exact) mass is 586 g/mol. The molecule has 0 amide bonds. The SMILES string of the molecule is CN(Cc1ccccc1C#N)[C@H]1CC[C@H](CNc2nc(N3CCOCC3)cc(-n3c(C(F)F)nc4ccccc43)n2)CC1. The van der Waals surface area contributed by atoms with Crippen LogP contribution in [-0.2, 0) is 11.3 Å². The lowest BCUT2D eigenvalue weighted by Gasteiger charge is -2.35. The molecule has 0 bridgehead atoms. The highest BCUT2D eigenvalue weighted by atomic mass is 19.3. The van der Waals surface area contributed by atoms with Crippen LogP contribution in [0.4, 0.5) is 20.5 Å². The summed E-state index contributed by atoms with van der Waals surface area (Å²) in [6.07, 6.45) is 1.48. The van der Waals surface area contributed by atoms with Gasteiger partial charge in [0.2, 0.25) is 5.95 Å². The number of halogens is 2. The second-order valence-electron chi connectivity index (χ2n) is 11.3. The first-order valence-corrected chi connectivity index (χ1v) is 14.9. The number of para-hydroxylation sites is 2. The van der Waals surface area contributed by atoms with Crippen molar-refractivity contribution in [2.24, 2.45) is 5.92 Å². The van der Waals surface area contributed by atoms with Gasteiger partial charge in [-0.3, -0.25) is 9.47 Å². The maximum absolute atomic E-state index is 14.2. The van der Waals surface area contributed by atoms with E-state index in [0.29, 0.717) is 73.4 Å². The number of nitrogens with zero attached hydrogens (tertiary/aromatic N) is 7. The molecular weight excluding hydrogens is 550 g/mol. The molecule has 2 fully saturated rings. The summed E-state index contributed by atoms with van der Waals surface area (Å²) in [7, 11) is 2.14. The van der Waals surface area contributed by atoms with Crippen LogP contribution < -0.4 is 10.2 Å². The number of benzene rings is 2. The minimum absolute atomic E-state index is 0.335. The molecule has 3 heterocycles. The Labute approximate surface area is 250 Å². The van der Waals surface area contributed by atoms with E-state index in [2.05, 4.69) is 33.2 Å². The highest BCUT2D eigenvalue weighted by Gasteiger charge is 2.26. The zero-order valence-corrected chi connectivity index (χ0v) is 24.3. The number of aromatic nitrogens is 4. The predicted molar refractivity (Wildman–Crippen MR) is 162 cm³/mol. The zero-order valence-electron chi connectivity index (χ0n) is 24.3. The van der Waals surface area contributed by atoms with E-state index in [9.17, 15) is 14.0 Å². The fourth-order valence-electron chi connectivity index (χ4n) is 6.19. The summed E-state index contributed by atoms with van der Waals surface area (Å²) < 4.78 is 35.3. The van der Waals surface area contributed by atoms with Gasteiger partial charge in [0.15, 0.2) is 5.82 Å². The molecule has 2 aromatic carbocycles. The third-order valence-electron chi connectivity index (χ3n) is 8.59. The van der Waals surface area contributed by atoms with Crippen molar-refractivity contribution in [3.05, 3.63) is 71.5 Å². The molecule has 1 aliphatic carbocycles. The molecule has 0 atom stereocenters. The minimum Gasteiger partial charge on any atom is -0.378 e. The number of ether oxygens (including phenoxy) is 1. The summed E-state index contributed by atoms with van der Waals surface area (Å²) in [6.45, 7) is 3.95. The number of rotatable bonds is 9.